The van der Waals surface area contributed by atoms with Crippen molar-refractivity contribution >= 4 is 6.29 Å². The second-order valence-corrected chi connectivity index (χ2v) is 2.91. The molecule has 11 heavy (non-hydrogen) atoms. The smallest absolute Gasteiger partial charge is 0.146 e. The molecule has 1 aliphatic rings. The number of hydrogen-bond donors (Lipinski definition) is 1. The largest absolute Gasteiger partial charge is 0.515 e. The summed E-state index contributed by atoms with van der Waals surface area (Å²) in [7, 11) is 0. The van der Waals surface area contributed by atoms with E-state index in [1.54, 1.807) is 6.08 Å². The van der Waals surface area contributed by atoms with Crippen molar-refractivity contribution in [1.29, 1.82) is 0 Å². The van der Waals surface area contributed by atoms with E-state index in [9.17, 15) is 4.79 Å². The van der Waals surface area contributed by atoms with E-state index in [0.29, 0.717) is 5.92 Å². The molecule has 0 aromatic rings. The lowest BCUT2D eigenvalue weighted by atomic mass is 9.88. The van der Waals surface area contributed by atoms with Crippen LogP contribution in [0.3, 0.4) is 0 Å². The van der Waals surface area contributed by atoms with Crippen LogP contribution in [0, 0.1) is 5.92 Å². The molecule has 0 fully saturated rings. The molecule has 1 N–H and O–H groups in total. The van der Waals surface area contributed by atoms with Gasteiger partial charge in [-0.3, -0.25) is 4.79 Å². The highest BCUT2D eigenvalue weighted by Crippen LogP contribution is 2.25. The molecule has 0 saturated heterocycles. The molecule has 0 aromatic heterocycles. The summed E-state index contributed by atoms with van der Waals surface area (Å²) in [6.45, 7) is 2.02. The molecular weight excluding hydrogens is 140 g/mol. The molecule has 0 saturated carbocycles. The molecule has 0 amide bonds. The fourth-order valence-electron chi connectivity index (χ4n) is 1.23. The average molecular weight is 152 g/mol. The summed E-state index contributed by atoms with van der Waals surface area (Å²) in [6.07, 6.45) is 5.54. The van der Waals surface area contributed by atoms with Gasteiger partial charge < -0.3 is 5.11 Å². The molecule has 0 aromatic carbocycles. The third-order valence-corrected chi connectivity index (χ3v) is 2.09. The van der Waals surface area contributed by atoms with E-state index in [4.69, 9.17) is 5.11 Å². The van der Waals surface area contributed by atoms with E-state index in [1.807, 2.05) is 6.92 Å². The van der Waals surface area contributed by atoms with Crippen molar-refractivity contribution in [2.24, 2.45) is 5.92 Å². The zero-order valence-electron chi connectivity index (χ0n) is 6.58. The summed E-state index contributed by atoms with van der Waals surface area (Å²) >= 11 is 0. The Labute approximate surface area is 66.2 Å². The van der Waals surface area contributed by atoms with Gasteiger partial charge in [-0.2, -0.15) is 0 Å². The fraction of sp³-hybridized carbons (Fsp3) is 0.444. The molecule has 0 spiro atoms. The molecule has 1 unspecified atom stereocenters. The Kier molecular flexibility index (Phi) is 2.47. The SMILES string of the molecule is CC1CC/C(=C\O)C=C1C=O. The van der Waals surface area contributed by atoms with Crippen molar-refractivity contribution in [2.75, 3.05) is 0 Å². The van der Waals surface area contributed by atoms with Crippen LogP contribution in [0.5, 0.6) is 0 Å². The maximum atomic E-state index is 10.5. The average Bonchev–Trinajstić information content (AvgIpc) is 2.05. The summed E-state index contributed by atoms with van der Waals surface area (Å²) < 4.78 is 0. The number of aldehydes is 1. The lowest BCUT2D eigenvalue weighted by Crippen LogP contribution is -2.06. The molecule has 1 rings (SSSR count). The van der Waals surface area contributed by atoms with Crippen LogP contribution in [0.1, 0.15) is 19.8 Å². The highest BCUT2D eigenvalue weighted by atomic mass is 16.2. The van der Waals surface area contributed by atoms with Gasteiger partial charge >= 0.3 is 0 Å². The zero-order chi connectivity index (χ0) is 8.27. The number of allylic oxidation sites excluding steroid dienone is 3. The summed E-state index contributed by atoms with van der Waals surface area (Å²) in [6, 6.07) is 0. The van der Waals surface area contributed by atoms with E-state index in [0.717, 1.165) is 36.5 Å². The Bertz CT molecular complexity index is 214. The topological polar surface area (TPSA) is 37.3 Å². The normalized spacial score (nSPS) is 28.3. The van der Waals surface area contributed by atoms with Crippen LogP contribution in [0.4, 0.5) is 0 Å². The van der Waals surface area contributed by atoms with Crippen LogP contribution in [-0.2, 0) is 4.79 Å². The highest BCUT2D eigenvalue weighted by molar-refractivity contribution is 5.75. The number of aliphatic hydroxyl groups is 1. The first-order valence-corrected chi connectivity index (χ1v) is 3.78. The van der Waals surface area contributed by atoms with Gasteiger partial charge in [0.25, 0.3) is 0 Å². The Hall–Kier alpha value is -1.05. The lowest BCUT2D eigenvalue weighted by molar-refractivity contribution is -0.105. The summed E-state index contributed by atoms with van der Waals surface area (Å²) in [5.74, 6) is 0.344. The number of aliphatic hydroxyl groups excluding tert-OH is 1. The second kappa shape index (κ2) is 3.37. The Morgan fingerprint density at radius 3 is 3.00 bits per heavy atom. The van der Waals surface area contributed by atoms with Gasteiger partial charge in [0, 0.05) is 0 Å². The Morgan fingerprint density at radius 1 is 1.73 bits per heavy atom. The predicted octanol–water partition coefficient (Wildman–Crippen LogP) is 1.98. The van der Waals surface area contributed by atoms with Crippen molar-refractivity contribution in [1.82, 2.24) is 0 Å². The molecule has 2 heteroatoms. The van der Waals surface area contributed by atoms with Gasteiger partial charge in [0.05, 0.1) is 6.26 Å². The molecular formula is C9H12O2. The van der Waals surface area contributed by atoms with Gasteiger partial charge in [-0.1, -0.05) is 6.92 Å². The van der Waals surface area contributed by atoms with E-state index in [2.05, 4.69) is 0 Å². The fourth-order valence-corrected chi connectivity index (χ4v) is 1.23. The molecule has 0 heterocycles. The molecule has 2 nitrogen and oxygen atoms in total. The highest BCUT2D eigenvalue weighted by Gasteiger charge is 2.14. The van der Waals surface area contributed by atoms with Crippen molar-refractivity contribution < 1.29 is 9.90 Å². The third-order valence-electron chi connectivity index (χ3n) is 2.09. The van der Waals surface area contributed by atoms with Gasteiger partial charge in [-0.25, -0.2) is 0 Å². The number of rotatable bonds is 1. The summed E-state index contributed by atoms with van der Waals surface area (Å²) in [4.78, 5) is 10.5. The standard InChI is InChI=1S/C9H12O2/c1-7-2-3-8(5-10)4-9(7)6-11/h4-7,10H,2-3H2,1H3/b8-5+. The minimum Gasteiger partial charge on any atom is -0.515 e. The van der Waals surface area contributed by atoms with Crippen molar-refractivity contribution in [3.63, 3.8) is 0 Å². The molecule has 60 valence electrons. The number of hydrogen-bond acceptors (Lipinski definition) is 2. The minimum atomic E-state index is 0.344. The zero-order valence-corrected chi connectivity index (χ0v) is 6.58. The second-order valence-electron chi connectivity index (χ2n) is 2.91. The van der Waals surface area contributed by atoms with E-state index in [-0.39, 0.29) is 0 Å². The van der Waals surface area contributed by atoms with Crippen LogP contribution in [0.25, 0.3) is 0 Å². The first-order chi connectivity index (χ1) is 5.27. The molecule has 0 bridgehead atoms. The van der Waals surface area contributed by atoms with Crippen molar-refractivity contribution in [3.8, 4) is 0 Å². The number of carbonyl (C=O) groups is 1. The van der Waals surface area contributed by atoms with Gasteiger partial charge in [0.15, 0.2) is 0 Å². The quantitative estimate of drug-likeness (QED) is 0.461. The first kappa shape index (κ1) is 8.05. The van der Waals surface area contributed by atoms with Gasteiger partial charge in [0.1, 0.15) is 6.29 Å². The molecule has 0 radical (unpaired) electrons. The van der Waals surface area contributed by atoms with Gasteiger partial charge in [-0.05, 0) is 36.0 Å². The maximum absolute atomic E-state index is 10.5. The van der Waals surface area contributed by atoms with Crippen LogP contribution in [0.2, 0.25) is 0 Å². The van der Waals surface area contributed by atoms with E-state index >= 15 is 0 Å². The first-order valence-electron chi connectivity index (χ1n) is 3.78. The van der Waals surface area contributed by atoms with Crippen LogP contribution in [-0.4, -0.2) is 11.4 Å². The van der Waals surface area contributed by atoms with E-state index in [1.165, 1.54) is 0 Å². The Morgan fingerprint density at radius 2 is 2.45 bits per heavy atom. The molecule has 0 aliphatic heterocycles. The van der Waals surface area contributed by atoms with Crippen molar-refractivity contribution in [3.05, 3.63) is 23.5 Å². The minimum absolute atomic E-state index is 0.344. The monoisotopic (exact) mass is 152 g/mol. The van der Waals surface area contributed by atoms with Gasteiger partial charge in [0.2, 0.25) is 0 Å². The molecule has 1 aliphatic carbocycles. The van der Waals surface area contributed by atoms with Crippen molar-refractivity contribution in [2.45, 2.75) is 19.8 Å². The lowest BCUT2D eigenvalue weighted by Gasteiger charge is -2.17. The molecule has 1 atom stereocenters. The third kappa shape index (κ3) is 1.70. The predicted molar refractivity (Wildman–Crippen MR) is 43.3 cm³/mol. The number of carbonyl (C=O) groups excluding carboxylic acids is 1. The van der Waals surface area contributed by atoms with Crippen LogP contribution < -0.4 is 0 Å². The van der Waals surface area contributed by atoms with Crippen LogP contribution >= 0.6 is 0 Å². The summed E-state index contributed by atoms with van der Waals surface area (Å²) in [5.41, 5.74) is 1.64. The van der Waals surface area contributed by atoms with Gasteiger partial charge in [-0.15, -0.1) is 0 Å². The maximum Gasteiger partial charge on any atom is 0.146 e. The Balaban J connectivity index is 2.85. The van der Waals surface area contributed by atoms with E-state index < -0.39 is 0 Å². The summed E-state index contributed by atoms with van der Waals surface area (Å²) in [5, 5.41) is 8.67. The van der Waals surface area contributed by atoms with Crippen LogP contribution in [0.15, 0.2) is 23.5 Å².